The van der Waals surface area contributed by atoms with E-state index >= 15 is 0 Å². The normalized spacial score (nSPS) is 29.1. The third kappa shape index (κ3) is 3.29. The second-order valence-electron chi connectivity index (χ2n) is 5.28. The molecule has 1 fully saturated rings. The predicted octanol–water partition coefficient (Wildman–Crippen LogP) is 3.35. The molecule has 1 aromatic rings. The van der Waals surface area contributed by atoms with Crippen LogP contribution in [0.2, 0.25) is 0 Å². The van der Waals surface area contributed by atoms with Crippen molar-refractivity contribution in [2.24, 2.45) is 5.73 Å². The highest BCUT2D eigenvalue weighted by Gasteiger charge is 2.31. The van der Waals surface area contributed by atoms with E-state index in [-0.39, 0.29) is 6.04 Å². The van der Waals surface area contributed by atoms with E-state index in [0.717, 1.165) is 19.5 Å². The van der Waals surface area contributed by atoms with Crippen molar-refractivity contribution in [3.63, 3.8) is 0 Å². The van der Waals surface area contributed by atoms with E-state index in [1.165, 1.54) is 5.56 Å². The molecule has 1 aliphatic rings. The van der Waals surface area contributed by atoms with E-state index < -0.39 is 0 Å². The molecule has 2 rings (SSSR count). The minimum atomic E-state index is 0.238. The fraction of sp³-hybridized carbons (Fsp3) is 0.714. The van der Waals surface area contributed by atoms with Crippen molar-refractivity contribution < 1.29 is 0 Å². The molecule has 2 nitrogen and oxygen atoms in total. The van der Waals surface area contributed by atoms with Gasteiger partial charge in [0, 0.05) is 29.6 Å². The van der Waals surface area contributed by atoms with Gasteiger partial charge in [0.15, 0.2) is 0 Å². The lowest BCUT2D eigenvalue weighted by molar-refractivity contribution is 0.167. The van der Waals surface area contributed by atoms with Crippen molar-refractivity contribution in [1.82, 2.24) is 4.90 Å². The Hall–Kier alpha value is -0.0300. The molecular formula is C14H24N2S2. The molecule has 4 atom stereocenters. The molecule has 1 aromatic heterocycles. The lowest BCUT2D eigenvalue weighted by Gasteiger charge is -2.41. The maximum absolute atomic E-state index is 6.39. The summed E-state index contributed by atoms with van der Waals surface area (Å²) in [5.74, 6) is 0. The van der Waals surface area contributed by atoms with Crippen LogP contribution >= 0.6 is 23.1 Å². The van der Waals surface area contributed by atoms with Gasteiger partial charge >= 0.3 is 0 Å². The lowest BCUT2D eigenvalue weighted by Crippen LogP contribution is -2.48. The van der Waals surface area contributed by atoms with Crippen LogP contribution in [0, 0.1) is 0 Å². The molecule has 18 heavy (non-hydrogen) atoms. The van der Waals surface area contributed by atoms with Gasteiger partial charge in [-0.15, -0.1) is 0 Å². The van der Waals surface area contributed by atoms with Crippen LogP contribution in [-0.4, -0.2) is 34.5 Å². The van der Waals surface area contributed by atoms with Crippen molar-refractivity contribution >= 4 is 23.1 Å². The number of thiophene rings is 1. The second kappa shape index (κ2) is 6.42. The summed E-state index contributed by atoms with van der Waals surface area (Å²) < 4.78 is 0. The van der Waals surface area contributed by atoms with E-state index in [9.17, 15) is 0 Å². The summed E-state index contributed by atoms with van der Waals surface area (Å²) in [6.07, 6.45) is 1.03. The van der Waals surface area contributed by atoms with Gasteiger partial charge in [0.1, 0.15) is 0 Å². The van der Waals surface area contributed by atoms with Crippen LogP contribution in [0.5, 0.6) is 0 Å². The van der Waals surface area contributed by atoms with Crippen LogP contribution in [0.25, 0.3) is 0 Å². The highest BCUT2D eigenvalue weighted by atomic mass is 32.2. The Kier molecular flexibility index (Phi) is 5.13. The summed E-state index contributed by atoms with van der Waals surface area (Å²) in [6.45, 7) is 9.16. The molecule has 2 heterocycles. The van der Waals surface area contributed by atoms with Gasteiger partial charge in [-0.2, -0.15) is 23.1 Å². The standard InChI is InChI=1S/C14H24N2S2/c1-4-13(15)14(12-5-6-17-9-12)16-7-10(2)18-11(3)8-16/h5-6,9-11,13-14H,4,7-8,15H2,1-3H3. The van der Waals surface area contributed by atoms with Crippen LogP contribution < -0.4 is 5.73 Å². The Balaban J connectivity index is 2.18. The number of thioether (sulfide) groups is 1. The van der Waals surface area contributed by atoms with Crippen molar-refractivity contribution in [2.45, 2.75) is 49.8 Å². The molecular weight excluding hydrogens is 260 g/mol. The summed E-state index contributed by atoms with van der Waals surface area (Å²) in [7, 11) is 0. The summed E-state index contributed by atoms with van der Waals surface area (Å²) in [5, 5.41) is 5.84. The third-order valence-corrected chi connectivity index (χ3v) is 5.53. The minimum absolute atomic E-state index is 0.238. The molecule has 2 N–H and O–H groups in total. The number of hydrogen-bond acceptors (Lipinski definition) is 4. The molecule has 0 saturated carbocycles. The first kappa shape index (κ1) is 14.4. The SMILES string of the molecule is CCC(N)C(c1ccsc1)N1CC(C)SC(C)C1. The van der Waals surface area contributed by atoms with E-state index in [4.69, 9.17) is 5.73 Å². The Labute approximate surface area is 119 Å². The van der Waals surface area contributed by atoms with Crippen molar-refractivity contribution in [3.8, 4) is 0 Å². The molecule has 4 heteroatoms. The number of hydrogen-bond donors (Lipinski definition) is 1. The molecule has 0 amide bonds. The average Bonchev–Trinajstić information content (AvgIpc) is 2.81. The highest BCUT2D eigenvalue weighted by Crippen LogP contribution is 2.33. The monoisotopic (exact) mass is 284 g/mol. The average molecular weight is 284 g/mol. The molecule has 0 spiro atoms. The van der Waals surface area contributed by atoms with Crippen LogP contribution in [0.4, 0.5) is 0 Å². The van der Waals surface area contributed by atoms with Crippen molar-refractivity contribution in [1.29, 1.82) is 0 Å². The summed E-state index contributed by atoms with van der Waals surface area (Å²) in [6, 6.07) is 2.87. The van der Waals surface area contributed by atoms with Crippen molar-refractivity contribution in [2.75, 3.05) is 13.1 Å². The van der Waals surface area contributed by atoms with Gasteiger partial charge in [-0.05, 0) is 28.8 Å². The minimum Gasteiger partial charge on any atom is -0.326 e. The molecule has 1 saturated heterocycles. The first-order valence-electron chi connectivity index (χ1n) is 6.79. The van der Waals surface area contributed by atoms with Gasteiger partial charge in [0.05, 0.1) is 6.04 Å². The molecule has 102 valence electrons. The lowest BCUT2D eigenvalue weighted by atomic mass is 9.98. The highest BCUT2D eigenvalue weighted by molar-refractivity contribution is 8.00. The van der Waals surface area contributed by atoms with E-state index in [1.807, 2.05) is 0 Å². The van der Waals surface area contributed by atoms with Gasteiger partial charge in [-0.25, -0.2) is 0 Å². The first-order valence-corrected chi connectivity index (χ1v) is 8.67. The number of nitrogens with zero attached hydrogens (tertiary/aromatic N) is 1. The summed E-state index contributed by atoms with van der Waals surface area (Å²) in [5.41, 5.74) is 7.79. The third-order valence-electron chi connectivity index (χ3n) is 3.60. The summed E-state index contributed by atoms with van der Waals surface area (Å²) >= 11 is 3.87. The van der Waals surface area contributed by atoms with Crippen LogP contribution in [0.3, 0.4) is 0 Å². The smallest absolute Gasteiger partial charge is 0.0508 e. The van der Waals surface area contributed by atoms with Gasteiger partial charge in [0.25, 0.3) is 0 Å². The zero-order chi connectivity index (χ0) is 13.1. The zero-order valence-electron chi connectivity index (χ0n) is 11.5. The zero-order valence-corrected chi connectivity index (χ0v) is 13.1. The van der Waals surface area contributed by atoms with Crippen LogP contribution in [-0.2, 0) is 0 Å². The Morgan fingerprint density at radius 1 is 1.39 bits per heavy atom. The van der Waals surface area contributed by atoms with E-state index in [2.05, 4.69) is 54.3 Å². The maximum Gasteiger partial charge on any atom is 0.0508 e. The Morgan fingerprint density at radius 3 is 2.56 bits per heavy atom. The Bertz CT molecular complexity index is 343. The van der Waals surface area contributed by atoms with Gasteiger partial charge in [-0.1, -0.05) is 20.8 Å². The quantitative estimate of drug-likeness (QED) is 0.919. The van der Waals surface area contributed by atoms with Crippen LogP contribution in [0.15, 0.2) is 16.8 Å². The summed E-state index contributed by atoms with van der Waals surface area (Å²) in [4.78, 5) is 2.60. The molecule has 0 bridgehead atoms. The Morgan fingerprint density at radius 2 is 2.06 bits per heavy atom. The number of nitrogens with two attached hydrogens (primary N) is 1. The van der Waals surface area contributed by atoms with Gasteiger partial charge < -0.3 is 5.73 Å². The van der Waals surface area contributed by atoms with E-state index in [0.29, 0.717) is 16.5 Å². The first-order chi connectivity index (χ1) is 8.61. The number of rotatable bonds is 4. The molecule has 4 unspecified atom stereocenters. The maximum atomic E-state index is 6.39. The molecule has 0 radical (unpaired) electrons. The fourth-order valence-electron chi connectivity index (χ4n) is 2.84. The molecule has 1 aliphatic heterocycles. The fourth-order valence-corrected chi connectivity index (χ4v) is 4.88. The topological polar surface area (TPSA) is 29.3 Å². The molecule has 0 aromatic carbocycles. The van der Waals surface area contributed by atoms with Crippen molar-refractivity contribution in [3.05, 3.63) is 22.4 Å². The van der Waals surface area contributed by atoms with Gasteiger partial charge in [-0.3, -0.25) is 4.90 Å². The second-order valence-corrected chi connectivity index (χ2v) is 7.95. The van der Waals surface area contributed by atoms with Crippen LogP contribution in [0.1, 0.15) is 38.8 Å². The van der Waals surface area contributed by atoms with E-state index in [1.54, 1.807) is 11.3 Å². The predicted molar refractivity (Wildman–Crippen MR) is 83.4 cm³/mol. The molecule has 0 aliphatic carbocycles. The largest absolute Gasteiger partial charge is 0.326 e. The van der Waals surface area contributed by atoms with Gasteiger partial charge in [0.2, 0.25) is 0 Å².